The molecule has 1 rings (SSSR count). The normalized spacial score (nSPS) is 19.7. The van der Waals surface area contributed by atoms with Crippen LogP contribution in [-0.4, -0.2) is 18.0 Å². The molecule has 1 heterocycles. The molecule has 0 amide bonds. The summed E-state index contributed by atoms with van der Waals surface area (Å²) in [6, 6.07) is 0. The molecule has 0 aromatic heterocycles. The van der Waals surface area contributed by atoms with E-state index in [1.807, 2.05) is 6.08 Å². The van der Waals surface area contributed by atoms with Crippen molar-refractivity contribution in [3.05, 3.63) is 24.4 Å². The highest BCUT2D eigenvalue weighted by Crippen LogP contribution is 2.14. The molecule has 0 saturated carbocycles. The molecular weight excluding hydrogens is 122 g/mol. The Morgan fingerprint density at radius 3 is 2.40 bits per heavy atom. The van der Waals surface area contributed by atoms with E-state index in [0.29, 0.717) is 0 Å². The minimum Gasteiger partial charge on any atom is -0.372 e. The fourth-order valence-electron chi connectivity index (χ4n) is 1.40. The molecule has 0 aliphatic carbocycles. The molecule has 1 saturated heterocycles. The van der Waals surface area contributed by atoms with E-state index in [4.69, 9.17) is 0 Å². The Balaban J connectivity index is 2.53. The van der Waals surface area contributed by atoms with E-state index in [9.17, 15) is 0 Å². The van der Waals surface area contributed by atoms with Gasteiger partial charge >= 0.3 is 0 Å². The first kappa shape index (κ1) is 7.39. The van der Waals surface area contributed by atoms with Crippen molar-refractivity contribution >= 4 is 0 Å². The summed E-state index contributed by atoms with van der Waals surface area (Å²) in [5.41, 5.74) is 1.29. The molecule has 1 nitrogen and oxygen atoms in total. The van der Waals surface area contributed by atoms with Crippen LogP contribution in [-0.2, 0) is 0 Å². The summed E-state index contributed by atoms with van der Waals surface area (Å²) >= 11 is 0. The summed E-state index contributed by atoms with van der Waals surface area (Å²) in [7, 11) is 0. The van der Waals surface area contributed by atoms with Crippen LogP contribution in [0.1, 0.15) is 19.8 Å². The van der Waals surface area contributed by atoms with Crippen molar-refractivity contribution in [2.45, 2.75) is 19.8 Å². The Bertz CT molecular complexity index is 141. The van der Waals surface area contributed by atoms with Crippen molar-refractivity contribution in [3.8, 4) is 0 Å². The average Bonchev–Trinajstić information content (AvgIpc) is 2.43. The minimum atomic E-state index is 1.21. The third kappa shape index (κ3) is 1.41. The van der Waals surface area contributed by atoms with Gasteiger partial charge in [-0.2, -0.15) is 0 Å². The lowest BCUT2D eigenvalue weighted by molar-refractivity contribution is 0.440. The Labute approximate surface area is 63.0 Å². The zero-order chi connectivity index (χ0) is 7.40. The Kier molecular flexibility index (Phi) is 2.55. The summed E-state index contributed by atoms with van der Waals surface area (Å²) in [5.74, 6) is 0. The summed E-state index contributed by atoms with van der Waals surface area (Å²) in [4.78, 5) is 2.38. The maximum atomic E-state index is 3.77. The van der Waals surface area contributed by atoms with Crippen LogP contribution in [0.4, 0.5) is 0 Å². The largest absolute Gasteiger partial charge is 0.372 e. The number of rotatable bonds is 2. The van der Waals surface area contributed by atoms with Crippen molar-refractivity contribution in [2.75, 3.05) is 13.1 Å². The SMILES string of the molecule is C=C/C(=C\C)N1CCCC1. The van der Waals surface area contributed by atoms with Crippen LogP contribution < -0.4 is 0 Å². The number of hydrogen-bond donors (Lipinski definition) is 0. The highest BCUT2D eigenvalue weighted by atomic mass is 15.1. The van der Waals surface area contributed by atoms with Crippen molar-refractivity contribution in [2.24, 2.45) is 0 Å². The van der Waals surface area contributed by atoms with E-state index in [-0.39, 0.29) is 0 Å². The van der Waals surface area contributed by atoms with Crippen LogP contribution in [0.3, 0.4) is 0 Å². The van der Waals surface area contributed by atoms with Crippen LogP contribution in [0.25, 0.3) is 0 Å². The fourth-order valence-corrected chi connectivity index (χ4v) is 1.40. The summed E-state index contributed by atoms with van der Waals surface area (Å²) < 4.78 is 0. The van der Waals surface area contributed by atoms with E-state index in [1.54, 1.807) is 0 Å². The van der Waals surface area contributed by atoms with E-state index < -0.39 is 0 Å². The Morgan fingerprint density at radius 2 is 2.00 bits per heavy atom. The third-order valence-corrected chi connectivity index (χ3v) is 1.98. The molecule has 0 atom stereocenters. The lowest BCUT2D eigenvalue weighted by atomic mass is 10.3. The van der Waals surface area contributed by atoms with Gasteiger partial charge in [0, 0.05) is 18.8 Å². The second kappa shape index (κ2) is 3.45. The topological polar surface area (TPSA) is 3.24 Å². The standard InChI is InChI=1S/C9H15N/c1-3-9(4-2)10-7-5-6-8-10/h3-4H,1,5-8H2,2H3/b9-4+. The predicted octanol–water partition coefficient (Wildman–Crippen LogP) is 2.17. The van der Waals surface area contributed by atoms with Gasteiger partial charge in [0.15, 0.2) is 0 Å². The lowest BCUT2D eigenvalue weighted by Crippen LogP contribution is -2.16. The van der Waals surface area contributed by atoms with Gasteiger partial charge in [-0.05, 0) is 25.8 Å². The second-order valence-corrected chi connectivity index (χ2v) is 2.61. The number of nitrogens with zero attached hydrogens (tertiary/aromatic N) is 1. The van der Waals surface area contributed by atoms with Gasteiger partial charge in [0.2, 0.25) is 0 Å². The van der Waals surface area contributed by atoms with Gasteiger partial charge in [0.25, 0.3) is 0 Å². The maximum absolute atomic E-state index is 3.77. The predicted molar refractivity (Wildman–Crippen MR) is 44.8 cm³/mol. The highest BCUT2D eigenvalue weighted by Gasteiger charge is 2.10. The first-order valence-corrected chi connectivity index (χ1v) is 3.92. The maximum Gasteiger partial charge on any atom is 0.0316 e. The van der Waals surface area contributed by atoms with Crippen molar-refractivity contribution in [1.29, 1.82) is 0 Å². The van der Waals surface area contributed by atoms with Gasteiger partial charge in [0.1, 0.15) is 0 Å². The molecular formula is C9H15N. The van der Waals surface area contributed by atoms with Gasteiger partial charge in [-0.15, -0.1) is 0 Å². The minimum absolute atomic E-state index is 1.21. The first-order chi connectivity index (χ1) is 4.88. The molecule has 1 fully saturated rings. The highest BCUT2D eigenvalue weighted by molar-refractivity contribution is 5.14. The molecule has 0 unspecified atom stereocenters. The molecule has 1 aliphatic rings. The van der Waals surface area contributed by atoms with E-state index in [0.717, 1.165) is 0 Å². The molecule has 1 heteroatoms. The molecule has 0 bridgehead atoms. The molecule has 0 aromatic rings. The lowest BCUT2D eigenvalue weighted by Gasteiger charge is -2.17. The zero-order valence-corrected chi connectivity index (χ0v) is 6.64. The van der Waals surface area contributed by atoms with Gasteiger partial charge in [-0.3, -0.25) is 0 Å². The van der Waals surface area contributed by atoms with Gasteiger partial charge in [0.05, 0.1) is 0 Å². The number of allylic oxidation sites excluding steroid dienone is 2. The summed E-state index contributed by atoms with van der Waals surface area (Å²) in [6.07, 6.45) is 6.74. The van der Waals surface area contributed by atoms with Gasteiger partial charge in [-0.25, -0.2) is 0 Å². The quantitative estimate of drug-likeness (QED) is 0.527. The first-order valence-electron chi connectivity index (χ1n) is 3.92. The molecule has 0 N–H and O–H groups in total. The van der Waals surface area contributed by atoms with E-state index >= 15 is 0 Å². The number of hydrogen-bond acceptors (Lipinski definition) is 1. The van der Waals surface area contributed by atoms with Crippen LogP contribution in [0.5, 0.6) is 0 Å². The molecule has 56 valence electrons. The molecule has 0 radical (unpaired) electrons. The summed E-state index contributed by atoms with van der Waals surface area (Å²) in [6.45, 7) is 8.26. The zero-order valence-electron chi connectivity index (χ0n) is 6.64. The van der Waals surface area contributed by atoms with Gasteiger partial charge < -0.3 is 4.90 Å². The van der Waals surface area contributed by atoms with Crippen LogP contribution in [0, 0.1) is 0 Å². The average molecular weight is 137 g/mol. The Morgan fingerprint density at radius 1 is 1.40 bits per heavy atom. The van der Waals surface area contributed by atoms with Crippen molar-refractivity contribution in [1.82, 2.24) is 4.90 Å². The van der Waals surface area contributed by atoms with Gasteiger partial charge in [-0.1, -0.05) is 12.7 Å². The molecule has 0 aromatic carbocycles. The molecule has 10 heavy (non-hydrogen) atoms. The monoisotopic (exact) mass is 137 g/mol. The Hall–Kier alpha value is -0.720. The van der Waals surface area contributed by atoms with Crippen molar-refractivity contribution in [3.63, 3.8) is 0 Å². The van der Waals surface area contributed by atoms with Crippen LogP contribution in [0.15, 0.2) is 24.4 Å². The second-order valence-electron chi connectivity index (χ2n) is 2.61. The van der Waals surface area contributed by atoms with Crippen LogP contribution >= 0.6 is 0 Å². The fraction of sp³-hybridized carbons (Fsp3) is 0.556. The molecule has 0 spiro atoms. The van der Waals surface area contributed by atoms with E-state index in [1.165, 1.54) is 31.6 Å². The van der Waals surface area contributed by atoms with E-state index in [2.05, 4.69) is 24.5 Å². The smallest absolute Gasteiger partial charge is 0.0316 e. The van der Waals surface area contributed by atoms with Crippen molar-refractivity contribution < 1.29 is 0 Å². The summed E-state index contributed by atoms with van der Waals surface area (Å²) in [5, 5.41) is 0. The van der Waals surface area contributed by atoms with Crippen LogP contribution in [0.2, 0.25) is 0 Å². The number of likely N-dealkylation sites (tertiary alicyclic amines) is 1. The molecule has 1 aliphatic heterocycles. The third-order valence-electron chi connectivity index (χ3n) is 1.98.